The SMILES string of the molecule is CC#CC1CCN(C2CN(C)C2)CC1. The minimum Gasteiger partial charge on any atom is -0.303 e. The first-order valence-corrected chi connectivity index (χ1v) is 5.64. The van der Waals surface area contributed by atoms with Crippen molar-refractivity contribution in [1.29, 1.82) is 0 Å². The Morgan fingerprint density at radius 2 is 1.79 bits per heavy atom. The highest BCUT2D eigenvalue weighted by Crippen LogP contribution is 2.21. The summed E-state index contributed by atoms with van der Waals surface area (Å²) in [5, 5.41) is 0. The van der Waals surface area contributed by atoms with Crippen molar-refractivity contribution in [1.82, 2.24) is 9.80 Å². The van der Waals surface area contributed by atoms with Crippen LogP contribution in [0.25, 0.3) is 0 Å². The smallest absolute Gasteiger partial charge is 0.0350 e. The van der Waals surface area contributed by atoms with Gasteiger partial charge in [0, 0.05) is 25.0 Å². The standard InChI is InChI=1S/C12H20N2/c1-3-4-11-5-7-14(8-6-11)12-9-13(2)10-12/h11-12H,5-10H2,1-2H3. The average molecular weight is 192 g/mol. The summed E-state index contributed by atoms with van der Waals surface area (Å²) in [5.41, 5.74) is 0. The topological polar surface area (TPSA) is 6.48 Å². The van der Waals surface area contributed by atoms with Gasteiger partial charge in [-0.25, -0.2) is 0 Å². The summed E-state index contributed by atoms with van der Waals surface area (Å²) in [6.07, 6.45) is 2.56. The summed E-state index contributed by atoms with van der Waals surface area (Å²) >= 11 is 0. The number of likely N-dealkylation sites (tertiary alicyclic amines) is 2. The third-order valence-corrected chi connectivity index (χ3v) is 3.44. The third kappa shape index (κ3) is 2.10. The highest BCUT2D eigenvalue weighted by atomic mass is 15.3. The molecule has 14 heavy (non-hydrogen) atoms. The van der Waals surface area contributed by atoms with Crippen LogP contribution >= 0.6 is 0 Å². The van der Waals surface area contributed by atoms with E-state index in [1.54, 1.807) is 0 Å². The molecule has 0 N–H and O–H groups in total. The van der Waals surface area contributed by atoms with Crippen LogP contribution in [0.4, 0.5) is 0 Å². The number of rotatable bonds is 1. The fourth-order valence-corrected chi connectivity index (χ4v) is 2.51. The van der Waals surface area contributed by atoms with Gasteiger partial charge in [0.25, 0.3) is 0 Å². The third-order valence-electron chi connectivity index (χ3n) is 3.44. The molecule has 0 unspecified atom stereocenters. The number of hydrogen-bond donors (Lipinski definition) is 0. The summed E-state index contributed by atoms with van der Waals surface area (Å²) in [7, 11) is 2.20. The van der Waals surface area contributed by atoms with E-state index in [9.17, 15) is 0 Å². The molecule has 0 amide bonds. The molecule has 2 aliphatic rings. The van der Waals surface area contributed by atoms with Gasteiger partial charge in [-0.1, -0.05) is 0 Å². The summed E-state index contributed by atoms with van der Waals surface area (Å²) in [4.78, 5) is 5.04. The molecule has 0 aromatic rings. The second-order valence-electron chi connectivity index (χ2n) is 4.58. The molecule has 78 valence electrons. The average Bonchev–Trinajstić information content (AvgIpc) is 2.15. The first-order valence-electron chi connectivity index (χ1n) is 5.64. The van der Waals surface area contributed by atoms with Gasteiger partial charge in [0.05, 0.1) is 0 Å². The maximum absolute atomic E-state index is 3.30. The van der Waals surface area contributed by atoms with Crippen LogP contribution in [0.15, 0.2) is 0 Å². The molecule has 0 spiro atoms. The van der Waals surface area contributed by atoms with Crippen LogP contribution in [0.3, 0.4) is 0 Å². The predicted octanol–water partition coefficient (Wildman–Crippen LogP) is 1.04. The number of likely N-dealkylation sites (N-methyl/N-ethyl adjacent to an activating group) is 1. The van der Waals surface area contributed by atoms with Crippen LogP contribution in [0.2, 0.25) is 0 Å². The Hall–Kier alpha value is -0.520. The van der Waals surface area contributed by atoms with Gasteiger partial charge in [-0.15, -0.1) is 11.8 Å². The molecule has 0 radical (unpaired) electrons. The molecule has 2 fully saturated rings. The van der Waals surface area contributed by atoms with Crippen molar-refractivity contribution in [3.8, 4) is 11.8 Å². The fraction of sp³-hybridized carbons (Fsp3) is 0.833. The van der Waals surface area contributed by atoms with Gasteiger partial charge < -0.3 is 4.90 Å². The predicted molar refractivity (Wildman–Crippen MR) is 59.0 cm³/mol. The van der Waals surface area contributed by atoms with Gasteiger partial charge in [0.2, 0.25) is 0 Å². The van der Waals surface area contributed by atoms with Gasteiger partial charge >= 0.3 is 0 Å². The molecule has 2 nitrogen and oxygen atoms in total. The fourth-order valence-electron chi connectivity index (χ4n) is 2.51. The number of piperidine rings is 1. The molecule has 0 saturated carbocycles. The summed E-state index contributed by atoms with van der Waals surface area (Å²) in [6, 6.07) is 0.843. The van der Waals surface area contributed by atoms with E-state index in [-0.39, 0.29) is 0 Å². The first kappa shape index (κ1) is 10.0. The van der Waals surface area contributed by atoms with Crippen LogP contribution in [-0.2, 0) is 0 Å². The molecular formula is C12H20N2. The zero-order chi connectivity index (χ0) is 9.97. The molecule has 2 aliphatic heterocycles. The second-order valence-corrected chi connectivity index (χ2v) is 4.58. The van der Waals surface area contributed by atoms with E-state index in [0.717, 1.165) is 6.04 Å². The Labute approximate surface area is 87.3 Å². The van der Waals surface area contributed by atoms with Gasteiger partial charge in [-0.3, -0.25) is 4.90 Å². The van der Waals surface area contributed by atoms with E-state index in [1.165, 1.54) is 39.0 Å². The zero-order valence-electron chi connectivity index (χ0n) is 9.29. The second kappa shape index (κ2) is 4.33. The van der Waals surface area contributed by atoms with Crippen LogP contribution in [0.5, 0.6) is 0 Å². The highest BCUT2D eigenvalue weighted by Gasteiger charge is 2.31. The van der Waals surface area contributed by atoms with Crippen molar-refractivity contribution >= 4 is 0 Å². The zero-order valence-corrected chi connectivity index (χ0v) is 9.29. The summed E-state index contributed by atoms with van der Waals surface area (Å²) in [6.45, 7) is 7.01. The molecule has 2 heteroatoms. The molecule has 2 rings (SSSR count). The van der Waals surface area contributed by atoms with Gasteiger partial charge in [0.15, 0.2) is 0 Å². The molecule has 2 saturated heterocycles. The Bertz CT molecular complexity index is 237. The minimum absolute atomic E-state index is 0.675. The molecule has 2 heterocycles. The summed E-state index contributed by atoms with van der Waals surface area (Å²) in [5.74, 6) is 7.02. The van der Waals surface area contributed by atoms with E-state index in [0.29, 0.717) is 5.92 Å². The van der Waals surface area contributed by atoms with Crippen molar-refractivity contribution < 1.29 is 0 Å². The van der Waals surface area contributed by atoms with Crippen molar-refractivity contribution in [2.45, 2.75) is 25.8 Å². The number of hydrogen-bond acceptors (Lipinski definition) is 2. The van der Waals surface area contributed by atoms with Crippen LogP contribution in [-0.4, -0.2) is 49.1 Å². The lowest BCUT2D eigenvalue weighted by Crippen LogP contribution is -2.59. The lowest BCUT2D eigenvalue weighted by atomic mass is 9.95. The van der Waals surface area contributed by atoms with Gasteiger partial charge in [-0.05, 0) is 39.9 Å². The maximum atomic E-state index is 3.30. The quantitative estimate of drug-likeness (QED) is 0.573. The molecular weight excluding hydrogens is 172 g/mol. The molecule has 0 bridgehead atoms. The Balaban J connectivity index is 1.75. The lowest BCUT2D eigenvalue weighted by molar-refractivity contribution is 0.0346. The lowest BCUT2D eigenvalue weighted by Gasteiger charge is -2.45. The van der Waals surface area contributed by atoms with Gasteiger partial charge in [0.1, 0.15) is 0 Å². The van der Waals surface area contributed by atoms with Crippen LogP contribution in [0.1, 0.15) is 19.8 Å². The maximum Gasteiger partial charge on any atom is 0.0350 e. The van der Waals surface area contributed by atoms with E-state index < -0.39 is 0 Å². The van der Waals surface area contributed by atoms with Crippen molar-refractivity contribution in [2.75, 3.05) is 33.2 Å². The van der Waals surface area contributed by atoms with E-state index in [1.807, 2.05) is 6.92 Å². The Kier molecular flexibility index (Phi) is 3.10. The Morgan fingerprint density at radius 1 is 1.14 bits per heavy atom. The van der Waals surface area contributed by atoms with Crippen molar-refractivity contribution in [2.24, 2.45) is 5.92 Å². The minimum atomic E-state index is 0.675. The van der Waals surface area contributed by atoms with Crippen LogP contribution < -0.4 is 0 Å². The van der Waals surface area contributed by atoms with Gasteiger partial charge in [-0.2, -0.15) is 0 Å². The van der Waals surface area contributed by atoms with E-state index >= 15 is 0 Å². The highest BCUT2D eigenvalue weighted by molar-refractivity contribution is 5.03. The van der Waals surface area contributed by atoms with Crippen molar-refractivity contribution in [3.63, 3.8) is 0 Å². The first-order chi connectivity index (χ1) is 6.79. The molecule has 0 aromatic heterocycles. The molecule has 0 aliphatic carbocycles. The molecule has 0 atom stereocenters. The van der Waals surface area contributed by atoms with Crippen LogP contribution in [0, 0.1) is 17.8 Å². The van der Waals surface area contributed by atoms with E-state index in [2.05, 4.69) is 28.7 Å². The van der Waals surface area contributed by atoms with E-state index in [4.69, 9.17) is 0 Å². The van der Waals surface area contributed by atoms with Crippen molar-refractivity contribution in [3.05, 3.63) is 0 Å². The normalized spacial score (nSPS) is 26.7. The Morgan fingerprint density at radius 3 is 2.29 bits per heavy atom. The molecule has 0 aromatic carbocycles. The summed E-state index contributed by atoms with van der Waals surface area (Å²) < 4.78 is 0. The number of nitrogens with zero attached hydrogens (tertiary/aromatic N) is 2. The monoisotopic (exact) mass is 192 g/mol. The largest absolute Gasteiger partial charge is 0.303 e.